The van der Waals surface area contributed by atoms with Crippen LogP contribution < -0.4 is 5.32 Å². The summed E-state index contributed by atoms with van der Waals surface area (Å²) in [6, 6.07) is 13.4. The normalized spacial score (nSPS) is 10.8. The Labute approximate surface area is 144 Å². The SMILES string of the molecule is Cc1ccc2nc(-c3ccccc3NC(=O)CCCC(=O)O)[nH]c2c1. The molecule has 0 saturated carbocycles. The Morgan fingerprint density at radius 2 is 1.96 bits per heavy atom. The molecule has 3 aromatic rings. The van der Waals surface area contributed by atoms with Crippen LogP contribution in [0.1, 0.15) is 24.8 Å². The second-order valence-corrected chi connectivity index (χ2v) is 5.95. The van der Waals surface area contributed by atoms with Gasteiger partial charge in [0.2, 0.25) is 5.91 Å². The van der Waals surface area contributed by atoms with Crippen LogP contribution in [0.3, 0.4) is 0 Å². The van der Waals surface area contributed by atoms with Crippen LogP contribution in [0.15, 0.2) is 42.5 Å². The number of hydrogen-bond donors (Lipinski definition) is 3. The van der Waals surface area contributed by atoms with Gasteiger partial charge in [-0.2, -0.15) is 0 Å². The van der Waals surface area contributed by atoms with Gasteiger partial charge < -0.3 is 15.4 Å². The number of H-pyrrole nitrogens is 1. The number of carbonyl (C=O) groups is 2. The monoisotopic (exact) mass is 337 g/mol. The zero-order chi connectivity index (χ0) is 17.8. The summed E-state index contributed by atoms with van der Waals surface area (Å²) in [5.74, 6) is -0.423. The number of benzene rings is 2. The molecule has 0 aliphatic heterocycles. The van der Waals surface area contributed by atoms with Crippen LogP contribution in [0.2, 0.25) is 0 Å². The lowest BCUT2D eigenvalue weighted by molar-refractivity contribution is -0.137. The number of para-hydroxylation sites is 1. The van der Waals surface area contributed by atoms with Gasteiger partial charge >= 0.3 is 5.97 Å². The van der Waals surface area contributed by atoms with Gasteiger partial charge in [-0.3, -0.25) is 9.59 Å². The molecule has 0 aliphatic carbocycles. The number of carboxylic acids is 1. The molecule has 1 amide bonds. The van der Waals surface area contributed by atoms with Crippen molar-refractivity contribution in [2.75, 3.05) is 5.32 Å². The van der Waals surface area contributed by atoms with Crippen molar-refractivity contribution in [1.82, 2.24) is 9.97 Å². The maximum Gasteiger partial charge on any atom is 0.303 e. The molecule has 2 aromatic carbocycles. The smallest absolute Gasteiger partial charge is 0.303 e. The van der Waals surface area contributed by atoms with Crippen LogP contribution in [0.25, 0.3) is 22.4 Å². The van der Waals surface area contributed by atoms with Crippen molar-refractivity contribution in [2.45, 2.75) is 26.2 Å². The number of carboxylic acid groups (broad SMARTS) is 1. The molecule has 0 bridgehead atoms. The molecule has 6 nitrogen and oxygen atoms in total. The Balaban J connectivity index is 1.82. The molecular formula is C19H19N3O3. The van der Waals surface area contributed by atoms with E-state index in [-0.39, 0.29) is 18.7 Å². The molecule has 3 rings (SSSR count). The van der Waals surface area contributed by atoms with E-state index in [9.17, 15) is 9.59 Å². The molecule has 3 N–H and O–H groups in total. The van der Waals surface area contributed by atoms with Crippen LogP contribution >= 0.6 is 0 Å². The summed E-state index contributed by atoms with van der Waals surface area (Å²) in [4.78, 5) is 30.5. The fourth-order valence-electron chi connectivity index (χ4n) is 2.66. The summed E-state index contributed by atoms with van der Waals surface area (Å²) in [6.45, 7) is 2.02. The number of aryl methyl sites for hydroxylation is 1. The number of hydrogen-bond acceptors (Lipinski definition) is 3. The summed E-state index contributed by atoms with van der Waals surface area (Å²) < 4.78 is 0. The average Bonchev–Trinajstić information content (AvgIpc) is 2.97. The van der Waals surface area contributed by atoms with Crippen molar-refractivity contribution in [3.63, 3.8) is 0 Å². The van der Waals surface area contributed by atoms with Crippen molar-refractivity contribution < 1.29 is 14.7 Å². The van der Waals surface area contributed by atoms with E-state index in [0.29, 0.717) is 17.9 Å². The molecule has 0 radical (unpaired) electrons. The zero-order valence-corrected chi connectivity index (χ0v) is 13.9. The number of anilines is 1. The molecule has 0 saturated heterocycles. The molecule has 25 heavy (non-hydrogen) atoms. The fourth-order valence-corrected chi connectivity index (χ4v) is 2.66. The van der Waals surface area contributed by atoms with Gasteiger partial charge in [-0.1, -0.05) is 18.2 Å². The Kier molecular flexibility index (Phi) is 4.79. The molecule has 0 atom stereocenters. The highest BCUT2D eigenvalue weighted by atomic mass is 16.4. The fraction of sp³-hybridized carbons (Fsp3) is 0.211. The van der Waals surface area contributed by atoms with Crippen LogP contribution in [-0.2, 0) is 9.59 Å². The number of carbonyl (C=O) groups excluding carboxylic acids is 1. The Morgan fingerprint density at radius 3 is 2.76 bits per heavy atom. The number of aromatic amines is 1. The molecule has 128 valence electrons. The summed E-state index contributed by atoms with van der Waals surface area (Å²) in [6.07, 6.45) is 0.463. The van der Waals surface area contributed by atoms with E-state index in [1.54, 1.807) is 0 Å². The standard InChI is InChI=1S/C19H19N3O3/c1-12-9-10-15-16(11-12)22-19(21-15)13-5-2-3-6-14(13)20-17(23)7-4-8-18(24)25/h2-3,5-6,9-11H,4,7-8H2,1H3,(H,20,23)(H,21,22)(H,24,25). The molecule has 0 spiro atoms. The maximum atomic E-state index is 12.1. The van der Waals surface area contributed by atoms with Crippen LogP contribution in [0.4, 0.5) is 5.69 Å². The minimum atomic E-state index is -0.897. The van der Waals surface area contributed by atoms with E-state index in [2.05, 4.69) is 15.3 Å². The second kappa shape index (κ2) is 7.17. The second-order valence-electron chi connectivity index (χ2n) is 5.95. The van der Waals surface area contributed by atoms with E-state index < -0.39 is 5.97 Å². The molecular weight excluding hydrogens is 318 g/mol. The Hall–Kier alpha value is -3.15. The summed E-state index contributed by atoms with van der Waals surface area (Å²) in [7, 11) is 0. The molecule has 0 fully saturated rings. The minimum absolute atomic E-state index is 0.0159. The van der Waals surface area contributed by atoms with Crippen molar-refractivity contribution in [3.8, 4) is 11.4 Å². The lowest BCUT2D eigenvalue weighted by atomic mass is 10.1. The first-order valence-electron chi connectivity index (χ1n) is 8.10. The first-order valence-corrected chi connectivity index (χ1v) is 8.10. The molecule has 0 aliphatic rings. The summed E-state index contributed by atoms with van der Waals surface area (Å²) in [5.41, 5.74) is 4.39. The van der Waals surface area contributed by atoms with Crippen molar-refractivity contribution >= 4 is 28.6 Å². The van der Waals surface area contributed by atoms with Crippen LogP contribution in [0, 0.1) is 6.92 Å². The van der Waals surface area contributed by atoms with E-state index in [0.717, 1.165) is 22.2 Å². The van der Waals surface area contributed by atoms with E-state index >= 15 is 0 Å². The summed E-state index contributed by atoms with van der Waals surface area (Å²) >= 11 is 0. The first kappa shape index (κ1) is 16.7. The predicted octanol–water partition coefficient (Wildman–Crippen LogP) is 3.73. The average molecular weight is 337 g/mol. The quantitative estimate of drug-likeness (QED) is 0.638. The number of nitrogens with zero attached hydrogens (tertiary/aromatic N) is 1. The van der Waals surface area contributed by atoms with Crippen molar-refractivity contribution in [1.29, 1.82) is 0 Å². The number of nitrogens with one attached hydrogen (secondary N) is 2. The lowest BCUT2D eigenvalue weighted by Crippen LogP contribution is -2.12. The van der Waals surface area contributed by atoms with Gasteiger partial charge in [0.1, 0.15) is 5.82 Å². The topological polar surface area (TPSA) is 95.1 Å². The van der Waals surface area contributed by atoms with Gasteiger partial charge in [0.05, 0.1) is 16.7 Å². The van der Waals surface area contributed by atoms with Crippen LogP contribution in [0.5, 0.6) is 0 Å². The van der Waals surface area contributed by atoms with E-state index in [1.807, 2.05) is 49.4 Å². The number of fused-ring (bicyclic) bond motifs is 1. The Bertz CT molecular complexity index is 931. The largest absolute Gasteiger partial charge is 0.481 e. The molecule has 0 unspecified atom stereocenters. The number of rotatable bonds is 6. The van der Waals surface area contributed by atoms with E-state index in [4.69, 9.17) is 5.11 Å². The maximum absolute atomic E-state index is 12.1. The molecule has 1 aromatic heterocycles. The van der Waals surface area contributed by atoms with Crippen molar-refractivity contribution in [3.05, 3.63) is 48.0 Å². The predicted molar refractivity (Wildman–Crippen MR) is 96.4 cm³/mol. The highest BCUT2D eigenvalue weighted by Gasteiger charge is 2.12. The Morgan fingerprint density at radius 1 is 1.16 bits per heavy atom. The summed E-state index contributed by atoms with van der Waals surface area (Å²) in [5, 5.41) is 11.5. The van der Waals surface area contributed by atoms with Gasteiger partial charge in [-0.05, 0) is 43.2 Å². The zero-order valence-electron chi connectivity index (χ0n) is 13.9. The van der Waals surface area contributed by atoms with Crippen molar-refractivity contribution in [2.24, 2.45) is 0 Å². The van der Waals surface area contributed by atoms with Gasteiger partial charge in [0.15, 0.2) is 0 Å². The van der Waals surface area contributed by atoms with Crippen LogP contribution in [-0.4, -0.2) is 27.0 Å². The van der Waals surface area contributed by atoms with E-state index in [1.165, 1.54) is 0 Å². The van der Waals surface area contributed by atoms with Gasteiger partial charge in [0, 0.05) is 18.4 Å². The minimum Gasteiger partial charge on any atom is -0.481 e. The molecule has 1 heterocycles. The highest BCUT2D eigenvalue weighted by Crippen LogP contribution is 2.28. The number of imidazole rings is 1. The van der Waals surface area contributed by atoms with Gasteiger partial charge in [-0.15, -0.1) is 0 Å². The molecule has 6 heteroatoms. The van der Waals surface area contributed by atoms with Gasteiger partial charge in [-0.25, -0.2) is 4.98 Å². The third kappa shape index (κ3) is 4.03. The number of aliphatic carboxylic acids is 1. The number of aromatic nitrogens is 2. The lowest BCUT2D eigenvalue weighted by Gasteiger charge is -2.09. The van der Waals surface area contributed by atoms with Gasteiger partial charge in [0.25, 0.3) is 0 Å². The third-order valence-corrected chi connectivity index (χ3v) is 3.89. The number of amides is 1. The third-order valence-electron chi connectivity index (χ3n) is 3.89. The first-order chi connectivity index (χ1) is 12.0. The highest BCUT2D eigenvalue weighted by molar-refractivity contribution is 5.95.